The van der Waals surface area contributed by atoms with Gasteiger partial charge in [0.1, 0.15) is 0 Å². The van der Waals surface area contributed by atoms with Gasteiger partial charge in [0.15, 0.2) is 0 Å². The summed E-state index contributed by atoms with van der Waals surface area (Å²) in [4.78, 5) is 0. The first-order chi connectivity index (χ1) is 10.2. The average Bonchev–Trinajstić information content (AvgIpc) is 2.72. The number of nitrogens with zero attached hydrogens (tertiary/aromatic N) is 1. The highest BCUT2D eigenvalue weighted by molar-refractivity contribution is 6.08. The van der Waals surface area contributed by atoms with Gasteiger partial charge in [0.05, 0.1) is 0 Å². The van der Waals surface area contributed by atoms with Crippen LogP contribution in [0.25, 0.3) is 21.8 Å². The molecule has 3 rings (SSSR count). The van der Waals surface area contributed by atoms with Crippen molar-refractivity contribution < 1.29 is 0 Å². The molecule has 0 fully saturated rings. The lowest BCUT2D eigenvalue weighted by Crippen LogP contribution is -2.35. The maximum atomic E-state index is 2.57. The van der Waals surface area contributed by atoms with Crippen LogP contribution in [0.5, 0.6) is 0 Å². The molecular formula is C21H27N. The highest BCUT2D eigenvalue weighted by atomic mass is 15.0. The van der Waals surface area contributed by atoms with E-state index in [0.717, 1.165) is 0 Å². The van der Waals surface area contributed by atoms with E-state index >= 15 is 0 Å². The number of hydrogen-bond donors (Lipinski definition) is 0. The molecule has 1 aromatic heterocycles. The Hall–Kier alpha value is -1.76. The molecule has 2 aromatic carbocycles. The van der Waals surface area contributed by atoms with Crippen LogP contribution in [-0.4, -0.2) is 4.57 Å². The van der Waals surface area contributed by atoms with Crippen LogP contribution in [0.4, 0.5) is 0 Å². The highest BCUT2D eigenvalue weighted by Gasteiger charge is 2.37. The molecule has 0 saturated carbocycles. The Bertz CT molecular complexity index is 742. The van der Waals surface area contributed by atoms with E-state index in [1.165, 1.54) is 21.8 Å². The molecule has 0 aliphatic carbocycles. The fraction of sp³-hybridized carbons (Fsp3) is 0.429. The van der Waals surface area contributed by atoms with Crippen molar-refractivity contribution in [1.82, 2.24) is 4.57 Å². The van der Waals surface area contributed by atoms with Crippen LogP contribution >= 0.6 is 0 Å². The number of aromatic nitrogens is 1. The highest BCUT2D eigenvalue weighted by Crippen LogP contribution is 2.47. The van der Waals surface area contributed by atoms with E-state index < -0.39 is 0 Å². The van der Waals surface area contributed by atoms with Gasteiger partial charge in [-0.3, -0.25) is 0 Å². The minimum atomic E-state index is 0.183. The molecular weight excluding hydrogens is 266 g/mol. The fourth-order valence-electron chi connectivity index (χ4n) is 4.30. The Morgan fingerprint density at radius 3 is 1.36 bits per heavy atom. The van der Waals surface area contributed by atoms with E-state index in [2.05, 4.69) is 94.6 Å². The third kappa shape index (κ3) is 2.33. The summed E-state index contributed by atoms with van der Waals surface area (Å²) in [5, 5.41) is 2.72. The van der Waals surface area contributed by atoms with Crippen molar-refractivity contribution in [3.05, 3.63) is 48.5 Å². The van der Waals surface area contributed by atoms with Crippen molar-refractivity contribution in [3.8, 4) is 0 Å². The molecule has 3 aromatic rings. The van der Waals surface area contributed by atoms with Crippen LogP contribution < -0.4 is 0 Å². The van der Waals surface area contributed by atoms with Gasteiger partial charge in [0.25, 0.3) is 0 Å². The zero-order valence-electron chi connectivity index (χ0n) is 14.6. The zero-order valence-corrected chi connectivity index (χ0v) is 14.6. The molecule has 0 atom stereocenters. The molecule has 116 valence electrons. The summed E-state index contributed by atoms with van der Waals surface area (Å²) in [5.74, 6) is 0. The summed E-state index contributed by atoms with van der Waals surface area (Å²) < 4.78 is 2.57. The smallest absolute Gasteiger partial charge is 0.0494 e. The van der Waals surface area contributed by atoms with Crippen molar-refractivity contribution in [2.24, 2.45) is 10.8 Å². The van der Waals surface area contributed by atoms with Gasteiger partial charge in [-0.25, -0.2) is 0 Å². The van der Waals surface area contributed by atoms with Crippen molar-refractivity contribution in [2.75, 3.05) is 0 Å². The Balaban J connectivity index is 2.46. The average molecular weight is 293 g/mol. The van der Waals surface area contributed by atoms with E-state index in [1.807, 2.05) is 0 Å². The fourth-order valence-corrected chi connectivity index (χ4v) is 4.30. The van der Waals surface area contributed by atoms with Gasteiger partial charge >= 0.3 is 0 Å². The number of rotatable bonds is 1. The third-order valence-electron chi connectivity index (χ3n) is 4.52. The Morgan fingerprint density at radius 1 is 0.636 bits per heavy atom. The van der Waals surface area contributed by atoms with Gasteiger partial charge in [-0.2, -0.15) is 0 Å². The van der Waals surface area contributed by atoms with E-state index in [9.17, 15) is 0 Å². The van der Waals surface area contributed by atoms with Crippen molar-refractivity contribution >= 4 is 21.8 Å². The second kappa shape index (κ2) is 4.87. The van der Waals surface area contributed by atoms with Crippen LogP contribution in [0.1, 0.15) is 47.6 Å². The van der Waals surface area contributed by atoms with Crippen LogP contribution in [0.3, 0.4) is 0 Å². The Morgan fingerprint density at radius 2 is 1.00 bits per heavy atom. The van der Waals surface area contributed by atoms with Gasteiger partial charge in [-0.15, -0.1) is 0 Å². The van der Waals surface area contributed by atoms with Gasteiger partial charge in [0, 0.05) is 27.8 Å². The lowest BCUT2D eigenvalue weighted by molar-refractivity contribution is 0.119. The molecule has 0 aliphatic heterocycles. The molecule has 1 heterocycles. The van der Waals surface area contributed by atoms with Crippen LogP contribution in [0.15, 0.2) is 48.5 Å². The molecule has 1 heteroatoms. The normalized spacial score (nSPS) is 13.4. The standard InChI is InChI=1S/C21H27N/c1-20(2,3)19(21(4,5)6)22-17-13-9-7-11-15(17)16-12-8-10-14-18(16)22/h7-14,19H,1-6H3. The predicted molar refractivity (Wildman–Crippen MR) is 97.4 cm³/mol. The monoisotopic (exact) mass is 293 g/mol. The topological polar surface area (TPSA) is 4.93 Å². The van der Waals surface area contributed by atoms with E-state index in [0.29, 0.717) is 6.04 Å². The largest absolute Gasteiger partial charge is 0.336 e. The minimum Gasteiger partial charge on any atom is -0.336 e. The molecule has 0 aliphatic rings. The Labute approximate surface area is 133 Å². The molecule has 0 amide bonds. The number of fused-ring (bicyclic) bond motifs is 3. The van der Waals surface area contributed by atoms with E-state index in [1.54, 1.807) is 0 Å². The lowest BCUT2D eigenvalue weighted by Gasteiger charge is -2.42. The summed E-state index contributed by atoms with van der Waals surface area (Å²) in [6.07, 6.45) is 0. The van der Waals surface area contributed by atoms with E-state index in [-0.39, 0.29) is 10.8 Å². The molecule has 22 heavy (non-hydrogen) atoms. The molecule has 0 bridgehead atoms. The molecule has 0 spiro atoms. The van der Waals surface area contributed by atoms with Gasteiger partial charge in [0.2, 0.25) is 0 Å². The quantitative estimate of drug-likeness (QED) is 0.487. The first kappa shape index (κ1) is 15.1. The number of hydrogen-bond acceptors (Lipinski definition) is 0. The predicted octanol–water partition coefficient (Wildman–Crippen LogP) is 6.43. The molecule has 1 nitrogen and oxygen atoms in total. The zero-order chi connectivity index (χ0) is 16.1. The van der Waals surface area contributed by atoms with Crippen LogP contribution in [0.2, 0.25) is 0 Å². The first-order valence-electron chi connectivity index (χ1n) is 8.19. The molecule has 0 saturated heterocycles. The second-order valence-corrected chi connectivity index (χ2v) is 8.54. The minimum absolute atomic E-state index is 0.183. The SMILES string of the molecule is CC(C)(C)C(n1c2ccccc2c2ccccc21)C(C)(C)C. The van der Waals surface area contributed by atoms with Gasteiger partial charge in [-0.05, 0) is 23.0 Å². The van der Waals surface area contributed by atoms with Crippen LogP contribution in [0, 0.1) is 10.8 Å². The molecule has 0 unspecified atom stereocenters. The maximum absolute atomic E-state index is 2.57. The molecule has 0 radical (unpaired) electrons. The first-order valence-corrected chi connectivity index (χ1v) is 8.19. The van der Waals surface area contributed by atoms with Gasteiger partial charge in [-0.1, -0.05) is 77.9 Å². The number of para-hydroxylation sites is 2. The van der Waals surface area contributed by atoms with E-state index in [4.69, 9.17) is 0 Å². The summed E-state index contributed by atoms with van der Waals surface area (Å²) >= 11 is 0. The van der Waals surface area contributed by atoms with Crippen molar-refractivity contribution in [1.29, 1.82) is 0 Å². The molecule has 0 N–H and O–H groups in total. The Kier molecular flexibility index (Phi) is 3.36. The summed E-state index contributed by atoms with van der Waals surface area (Å²) in [5.41, 5.74) is 3.06. The van der Waals surface area contributed by atoms with Gasteiger partial charge < -0.3 is 4.57 Å². The summed E-state index contributed by atoms with van der Waals surface area (Å²) in [6.45, 7) is 14.1. The van der Waals surface area contributed by atoms with Crippen molar-refractivity contribution in [2.45, 2.75) is 47.6 Å². The lowest BCUT2D eigenvalue weighted by atomic mass is 9.71. The third-order valence-corrected chi connectivity index (χ3v) is 4.52. The summed E-state index contributed by atoms with van der Waals surface area (Å²) in [7, 11) is 0. The van der Waals surface area contributed by atoms with Crippen LogP contribution in [-0.2, 0) is 0 Å². The number of benzene rings is 2. The maximum Gasteiger partial charge on any atom is 0.0494 e. The second-order valence-electron chi connectivity index (χ2n) is 8.54. The van der Waals surface area contributed by atoms with Crippen molar-refractivity contribution in [3.63, 3.8) is 0 Å². The summed E-state index contributed by atoms with van der Waals surface area (Å²) in [6, 6.07) is 18.0.